The number of rotatable bonds is 3. The lowest BCUT2D eigenvalue weighted by Crippen LogP contribution is -2.28. The summed E-state index contributed by atoms with van der Waals surface area (Å²) in [7, 11) is 0. The molecule has 0 aromatic heterocycles. The van der Waals surface area contributed by atoms with Gasteiger partial charge in [-0.25, -0.2) is 0 Å². The Labute approximate surface area is 71.4 Å². The molecule has 0 heterocycles. The quantitative estimate of drug-likeness (QED) is 0.589. The summed E-state index contributed by atoms with van der Waals surface area (Å²) in [4.78, 5) is 10.5. The maximum atomic E-state index is 10.5. The molecule has 0 aliphatic carbocycles. The summed E-state index contributed by atoms with van der Waals surface area (Å²) in [6, 6.07) is 3.74. The van der Waals surface area contributed by atoms with Crippen molar-refractivity contribution in [1.82, 2.24) is 0 Å². The van der Waals surface area contributed by atoms with E-state index in [0.29, 0.717) is 0 Å². The highest BCUT2D eigenvalue weighted by Gasteiger charge is 2.26. The molecule has 12 heavy (non-hydrogen) atoms. The first-order valence-electron chi connectivity index (χ1n) is 3.52. The van der Waals surface area contributed by atoms with Crippen LogP contribution in [0.25, 0.3) is 0 Å². The Hall–Kier alpha value is -1.55. The first-order valence-corrected chi connectivity index (χ1v) is 3.52. The topological polar surface area (TPSA) is 73.9 Å². The highest BCUT2D eigenvalue weighted by atomic mass is 16.6. The van der Waals surface area contributed by atoms with Gasteiger partial charge in [0.1, 0.15) is 6.07 Å². The second kappa shape index (κ2) is 4.35. The van der Waals surface area contributed by atoms with Gasteiger partial charge in [-0.3, -0.25) is 4.79 Å². The summed E-state index contributed by atoms with van der Waals surface area (Å²) < 4.78 is 4.74. The molecule has 0 rings (SSSR count). The van der Waals surface area contributed by atoms with E-state index in [0.717, 1.165) is 0 Å². The maximum absolute atomic E-state index is 10.5. The molecule has 0 aliphatic heterocycles. The van der Waals surface area contributed by atoms with Crippen molar-refractivity contribution in [1.29, 1.82) is 10.5 Å². The molecule has 1 unspecified atom stereocenters. The number of hydrogen-bond acceptors (Lipinski definition) is 4. The van der Waals surface area contributed by atoms with Gasteiger partial charge in [0.2, 0.25) is 0 Å². The van der Waals surface area contributed by atoms with E-state index >= 15 is 0 Å². The number of hydrogen-bond donors (Lipinski definition) is 0. The number of carbonyl (C=O) groups excluding carboxylic acids is 1. The molecular weight excluding hydrogens is 156 g/mol. The predicted molar refractivity (Wildman–Crippen MR) is 40.6 cm³/mol. The van der Waals surface area contributed by atoms with Gasteiger partial charge in [-0.15, -0.1) is 0 Å². The van der Waals surface area contributed by atoms with Gasteiger partial charge in [0, 0.05) is 19.8 Å². The largest absolute Gasteiger partial charge is 0.444 e. The highest BCUT2D eigenvalue weighted by molar-refractivity contribution is 5.66. The van der Waals surface area contributed by atoms with Gasteiger partial charge in [0.25, 0.3) is 0 Å². The van der Waals surface area contributed by atoms with Gasteiger partial charge < -0.3 is 4.74 Å². The van der Waals surface area contributed by atoms with E-state index in [2.05, 4.69) is 0 Å². The number of nitriles is 2. The summed E-state index contributed by atoms with van der Waals surface area (Å²) in [5.41, 5.74) is -1.15. The lowest BCUT2D eigenvalue weighted by atomic mass is 10.0. The molecule has 0 fully saturated rings. The van der Waals surface area contributed by atoms with E-state index in [-0.39, 0.29) is 12.8 Å². The van der Waals surface area contributed by atoms with E-state index in [9.17, 15) is 4.79 Å². The molecule has 64 valence electrons. The van der Waals surface area contributed by atoms with Crippen molar-refractivity contribution < 1.29 is 9.53 Å². The van der Waals surface area contributed by atoms with Gasteiger partial charge >= 0.3 is 5.97 Å². The number of ether oxygens (including phenoxy) is 1. The van der Waals surface area contributed by atoms with E-state index in [1.165, 1.54) is 13.8 Å². The van der Waals surface area contributed by atoms with Crippen LogP contribution in [0.15, 0.2) is 0 Å². The molecule has 0 aromatic carbocycles. The van der Waals surface area contributed by atoms with Gasteiger partial charge in [0.05, 0.1) is 6.07 Å². The number of nitrogens with zero attached hydrogens (tertiary/aromatic N) is 2. The molecule has 0 amide bonds. The SMILES string of the molecule is CC(=O)OC(C)(C#N)CCC#N. The number of carbonyl (C=O) groups is 1. The molecule has 0 aliphatic rings. The van der Waals surface area contributed by atoms with Crippen molar-refractivity contribution in [3.8, 4) is 12.1 Å². The zero-order chi connectivity index (χ0) is 9.61. The van der Waals surface area contributed by atoms with Crippen LogP contribution in [0.2, 0.25) is 0 Å². The Morgan fingerprint density at radius 1 is 1.58 bits per heavy atom. The van der Waals surface area contributed by atoms with Crippen molar-refractivity contribution in [3.63, 3.8) is 0 Å². The number of esters is 1. The average Bonchev–Trinajstić information content (AvgIpc) is 2.00. The molecular formula is C8H10N2O2. The lowest BCUT2D eigenvalue weighted by Gasteiger charge is -2.19. The third-order valence-corrected chi connectivity index (χ3v) is 1.32. The van der Waals surface area contributed by atoms with Crippen molar-refractivity contribution in [2.75, 3.05) is 0 Å². The Kier molecular flexibility index (Phi) is 3.79. The molecule has 0 saturated carbocycles. The summed E-state index contributed by atoms with van der Waals surface area (Å²) in [5.74, 6) is -0.503. The monoisotopic (exact) mass is 166 g/mol. The first kappa shape index (κ1) is 10.4. The van der Waals surface area contributed by atoms with Gasteiger partial charge in [-0.05, 0) is 6.92 Å². The normalized spacial score (nSPS) is 13.7. The molecule has 4 nitrogen and oxygen atoms in total. The molecule has 0 aromatic rings. The van der Waals surface area contributed by atoms with Crippen LogP contribution in [0.5, 0.6) is 0 Å². The minimum Gasteiger partial charge on any atom is -0.444 e. The summed E-state index contributed by atoms with van der Waals surface area (Å²) in [6.45, 7) is 2.73. The van der Waals surface area contributed by atoms with E-state index < -0.39 is 11.6 Å². The Balaban J connectivity index is 4.19. The average molecular weight is 166 g/mol. The second-order valence-electron chi connectivity index (χ2n) is 2.59. The van der Waals surface area contributed by atoms with Crippen molar-refractivity contribution >= 4 is 5.97 Å². The molecule has 0 bridgehead atoms. The van der Waals surface area contributed by atoms with E-state index in [1.54, 1.807) is 0 Å². The first-order chi connectivity index (χ1) is 5.54. The minimum absolute atomic E-state index is 0.206. The van der Waals surface area contributed by atoms with E-state index in [1.807, 2.05) is 12.1 Å². The third kappa shape index (κ3) is 3.58. The molecule has 0 spiro atoms. The molecule has 4 heteroatoms. The summed E-state index contributed by atoms with van der Waals surface area (Å²) in [5, 5.41) is 16.9. The molecule has 0 radical (unpaired) electrons. The predicted octanol–water partition coefficient (Wildman–Crippen LogP) is 1.14. The Morgan fingerprint density at radius 3 is 2.50 bits per heavy atom. The lowest BCUT2D eigenvalue weighted by molar-refractivity contribution is -0.150. The van der Waals surface area contributed by atoms with Gasteiger partial charge in [0.15, 0.2) is 5.60 Å². The van der Waals surface area contributed by atoms with Gasteiger partial charge in [-0.2, -0.15) is 10.5 Å². The smallest absolute Gasteiger partial charge is 0.304 e. The van der Waals surface area contributed by atoms with Crippen molar-refractivity contribution in [2.24, 2.45) is 0 Å². The van der Waals surface area contributed by atoms with E-state index in [4.69, 9.17) is 15.3 Å². The molecule has 0 saturated heterocycles. The van der Waals surface area contributed by atoms with Crippen LogP contribution in [0.3, 0.4) is 0 Å². The second-order valence-corrected chi connectivity index (χ2v) is 2.59. The van der Waals surface area contributed by atoms with Crippen LogP contribution >= 0.6 is 0 Å². The maximum Gasteiger partial charge on any atom is 0.304 e. The highest BCUT2D eigenvalue weighted by Crippen LogP contribution is 2.16. The standard InChI is InChI=1S/C8H10N2O2/c1-7(11)12-8(2,6-10)4-3-5-9/h3-4H2,1-2H3. The summed E-state index contributed by atoms with van der Waals surface area (Å²) in [6.07, 6.45) is 0.455. The molecule has 0 N–H and O–H groups in total. The third-order valence-electron chi connectivity index (χ3n) is 1.32. The van der Waals surface area contributed by atoms with Crippen LogP contribution in [0.4, 0.5) is 0 Å². The zero-order valence-electron chi connectivity index (χ0n) is 7.13. The van der Waals surface area contributed by atoms with Crippen LogP contribution in [-0.4, -0.2) is 11.6 Å². The minimum atomic E-state index is -1.15. The van der Waals surface area contributed by atoms with Crippen LogP contribution < -0.4 is 0 Å². The van der Waals surface area contributed by atoms with Crippen LogP contribution in [-0.2, 0) is 9.53 Å². The van der Waals surface area contributed by atoms with Crippen LogP contribution in [0.1, 0.15) is 26.7 Å². The Bertz CT molecular complexity index is 249. The van der Waals surface area contributed by atoms with Gasteiger partial charge in [-0.1, -0.05) is 0 Å². The summed E-state index contributed by atoms with van der Waals surface area (Å²) >= 11 is 0. The Morgan fingerprint density at radius 2 is 2.17 bits per heavy atom. The molecule has 1 atom stereocenters. The fourth-order valence-electron chi connectivity index (χ4n) is 0.741. The fourth-order valence-corrected chi connectivity index (χ4v) is 0.741. The fraction of sp³-hybridized carbons (Fsp3) is 0.625. The van der Waals surface area contributed by atoms with Crippen molar-refractivity contribution in [2.45, 2.75) is 32.3 Å². The van der Waals surface area contributed by atoms with Crippen LogP contribution in [0, 0.1) is 22.7 Å². The van der Waals surface area contributed by atoms with Crippen molar-refractivity contribution in [3.05, 3.63) is 0 Å². The zero-order valence-corrected chi connectivity index (χ0v) is 7.13.